The number of hydrogen-bond donors (Lipinski definition) is 0. The maximum Gasteiger partial charge on any atom is 0.255 e. The number of carbonyl (C=O) groups is 1. The highest BCUT2D eigenvalue weighted by atomic mass is 19.1. The van der Waals surface area contributed by atoms with Crippen LogP contribution in [0, 0.1) is 0 Å². The van der Waals surface area contributed by atoms with E-state index in [2.05, 4.69) is 9.97 Å². The third-order valence-electron chi connectivity index (χ3n) is 5.08. The molecular weight excluding hydrogens is 401 g/mol. The molecule has 0 bridgehead atoms. The quantitative estimate of drug-likeness (QED) is 0.579. The first kappa shape index (κ1) is 20.6. The Morgan fingerprint density at radius 3 is 2.61 bits per heavy atom. The molecule has 160 valence electrons. The lowest BCUT2D eigenvalue weighted by atomic mass is 9.99. The molecule has 0 aliphatic carbocycles. The number of aromatic nitrogens is 2. The minimum absolute atomic E-state index is 0.0630. The van der Waals surface area contributed by atoms with Gasteiger partial charge in [-0.25, -0.2) is 9.37 Å². The fraction of sp³-hybridized carbons (Fsp3) is 0.261. The van der Waals surface area contributed by atoms with Crippen LogP contribution in [-0.4, -0.2) is 41.3 Å². The first-order valence-corrected chi connectivity index (χ1v) is 9.84. The van der Waals surface area contributed by atoms with Crippen molar-refractivity contribution in [1.29, 1.82) is 0 Å². The van der Waals surface area contributed by atoms with Crippen molar-refractivity contribution in [2.45, 2.75) is 19.6 Å². The minimum atomic E-state index is -0.888. The summed E-state index contributed by atoms with van der Waals surface area (Å²) in [6.07, 6.45) is 3.78. The second-order valence-corrected chi connectivity index (χ2v) is 7.02. The van der Waals surface area contributed by atoms with Crippen molar-refractivity contribution in [2.24, 2.45) is 0 Å². The lowest BCUT2D eigenvalue weighted by molar-refractivity contribution is 0.0734. The molecule has 0 fully saturated rings. The third-order valence-corrected chi connectivity index (χ3v) is 5.08. The largest absolute Gasteiger partial charge is 0.487 e. The van der Waals surface area contributed by atoms with E-state index in [0.717, 1.165) is 12.0 Å². The molecule has 0 unspecified atom stereocenters. The zero-order chi connectivity index (χ0) is 21.6. The summed E-state index contributed by atoms with van der Waals surface area (Å²) in [6.45, 7) is 0.538. The predicted octanol–water partition coefficient (Wildman–Crippen LogP) is 3.57. The van der Waals surface area contributed by atoms with Gasteiger partial charge >= 0.3 is 0 Å². The number of methoxy groups -OCH3 is 1. The van der Waals surface area contributed by atoms with E-state index >= 15 is 0 Å². The van der Waals surface area contributed by atoms with Gasteiger partial charge in [0.1, 0.15) is 18.1 Å². The second kappa shape index (κ2) is 9.42. The Balaban J connectivity index is 1.40. The molecule has 3 heterocycles. The van der Waals surface area contributed by atoms with Gasteiger partial charge in [0.15, 0.2) is 0 Å². The van der Waals surface area contributed by atoms with Gasteiger partial charge in [-0.15, -0.1) is 0 Å². The fourth-order valence-electron chi connectivity index (χ4n) is 3.41. The molecule has 2 aromatic heterocycles. The number of fused-ring (bicyclic) bond motifs is 1. The van der Waals surface area contributed by atoms with Crippen LogP contribution in [-0.2, 0) is 19.6 Å². The summed E-state index contributed by atoms with van der Waals surface area (Å²) in [5.41, 5.74) is 3.49. The molecule has 0 radical (unpaired) electrons. The molecule has 31 heavy (non-hydrogen) atoms. The summed E-state index contributed by atoms with van der Waals surface area (Å²) in [5.74, 6) is 1.48. The number of alkyl halides is 1. The molecule has 1 amide bonds. The average Bonchev–Trinajstić information content (AvgIpc) is 2.83. The highest BCUT2D eigenvalue weighted by Gasteiger charge is 2.22. The topological polar surface area (TPSA) is 73.8 Å². The van der Waals surface area contributed by atoms with Crippen molar-refractivity contribution >= 4 is 5.91 Å². The molecule has 4 rings (SSSR count). The van der Waals surface area contributed by atoms with E-state index in [9.17, 15) is 9.18 Å². The molecule has 1 aromatic carbocycles. The van der Waals surface area contributed by atoms with E-state index < -0.39 is 6.86 Å². The number of halogens is 1. The van der Waals surface area contributed by atoms with Gasteiger partial charge in [0.25, 0.3) is 5.91 Å². The lowest BCUT2D eigenvalue weighted by Crippen LogP contribution is -2.36. The molecule has 1 aliphatic rings. The Labute approximate surface area is 179 Å². The number of benzene rings is 1. The van der Waals surface area contributed by atoms with Crippen LogP contribution in [0.1, 0.15) is 27.2 Å². The standard InChI is InChI=1S/C23H22FN3O4/c1-29-22-7-3-17(11-26-22)23(28)27-9-8-16-2-5-20(10-18(16)13-27)30-14-19-4-6-21(12-25-19)31-15-24/h2-7,10-12H,8-9,13-15H2,1H3. The smallest absolute Gasteiger partial charge is 0.255 e. The van der Waals surface area contributed by atoms with E-state index in [1.807, 2.05) is 18.2 Å². The molecule has 0 atom stereocenters. The van der Waals surface area contributed by atoms with Crippen LogP contribution >= 0.6 is 0 Å². The van der Waals surface area contributed by atoms with Gasteiger partial charge < -0.3 is 19.1 Å². The van der Waals surface area contributed by atoms with Crippen LogP contribution in [0.5, 0.6) is 17.4 Å². The van der Waals surface area contributed by atoms with Gasteiger partial charge in [-0.05, 0) is 47.9 Å². The van der Waals surface area contributed by atoms with Crippen molar-refractivity contribution in [3.05, 3.63) is 77.2 Å². The van der Waals surface area contributed by atoms with Crippen LogP contribution in [0.3, 0.4) is 0 Å². The van der Waals surface area contributed by atoms with Gasteiger partial charge in [0.2, 0.25) is 12.7 Å². The van der Waals surface area contributed by atoms with Gasteiger partial charge in [0, 0.05) is 25.4 Å². The molecule has 0 saturated heterocycles. The number of rotatable bonds is 7. The summed E-state index contributed by atoms with van der Waals surface area (Å²) >= 11 is 0. The average molecular weight is 423 g/mol. The molecule has 7 nitrogen and oxygen atoms in total. The van der Waals surface area contributed by atoms with E-state index in [-0.39, 0.29) is 12.5 Å². The molecule has 0 spiro atoms. The third kappa shape index (κ3) is 4.91. The monoisotopic (exact) mass is 423 g/mol. The van der Waals surface area contributed by atoms with E-state index in [0.29, 0.717) is 41.7 Å². The minimum Gasteiger partial charge on any atom is -0.487 e. The summed E-state index contributed by atoms with van der Waals surface area (Å²) < 4.78 is 27.8. The first-order chi connectivity index (χ1) is 15.2. The Morgan fingerprint density at radius 1 is 1.03 bits per heavy atom. The van der Waals surface area contributed by atoms with Crippen LogP contribution in [0.25, 0.3) is 0 Å². The second-order valence-electron chi connectivity index (χ2n) is 7.02. The fourth-order valence-corrected chi connectivity index (χ4v) is 3.41. The highest BCUT2D eigenvalue weighted by molar-refractivity contribution is 5.94. The number of amides is 1. The Hall–Kier alpha value is -3.68. The van der Waals surface area contributed by atoms with Crippen LogP contribution in [0.4, 0.5) is 4.39 Å². The number of carbonyl (C=O) groups excluding carboxylic acids is 1. The van der Waals surface area contributed by atoms with Crippen molar-refractivity contribution in [1.82, 2.24) is 14.9 Å². The maximum atomic E-state index is 12.9. The summed E-state index contributed by atoms with van der Waals surface area (Å²) in [4.78, 5) is 23.0. The molecular formula is C23H22FN3O4. The molecule has 1 aliphatic heterocycles. The maximum absolute atomic E-state index is 12.9. The normalized spacial score (nSPS) is 12.8. The van der Waals surface area contributed by atoms with Crippen molar-refractivity contribution in [3.8, 4) is 17.4 Å². The predicted molar refractivity (Wildman–Crippen MR) is 111 cm³/mol. The molecule has 3 aromatic rings. The van der Waals surface area contributed by atoms with Gasteiger partial charge in [-0.1, -0.05) is 6.07 Å². The zero-order valence-electron chi connectivity index (χ0n) is 17.1. The van der Waals surface area contributed by atoms with Gasteiger partial charge in [-0.3, -0.25) is 9.78 Å². The van der Waals surface area contributed by atoms with Crippen LogP contribution in [0.2, 0.25) is 0 Å². The van der Waals surface area contributed by atoms with E-state index in [1.165, 1.54) is 25.1 Å². The number of pyridine rings is 2. The Morgan fingerprint density at radius 2 is 1.90 bits per heavy atom. The zero-order valence-corrected chi connectivity index (χ0v) is 17.1. The van der Waals surface area contributed by atoms with Crippen molar-refractivity contribution < 1.29 is 23.4 Å². The summed E-state index contributed by atoms with van der Waals surface area (Å²) in [5, 5.41) is 0. The Kier molecular flexibility index (Phi) is 6.26. The summed E-state index contributed by atoms with van der Waals surface area (Å²) in [7, 11) is 1.54. The number of hydrogen-bond acceptors (Lipinski definition) is 6. The molecule has 0 N–H and O–H groups in total. The summed E-state index contributed by atoms with van der Waals surface area (Å²) in [6, 6.07) is 12.7. The van der Waals surface area contributed by atoms with Crippen molar-refractivity contribution in [2.75, 3.05) is 20.5 Å². The lowest BCUT2D eigenvalue weighted by Gasteiger charge is -2.29. The van der Waals surface area contributed by atoms with E-state index in [4.69, 9.17) is 14.2 Å². The first-order valence-electron chi connectivity index (χ1n) is 9.84. The molecule has 0 saturated carbocycles. The van der Waals surface area contributed by atoms with Gasteiger partial charge in [0.05, 0.1) is 24.6 Å². The van der Waals surface area contributed by atoms with Crippen LogP contribution < -0.4 is 14.2 Å². The highest BCUT2D eigenvalue weighted by Crippen LogP contribution is 2.25. The number of ether oxygens (including phenoxy) is 3. The van der Waals surface area contributed by atoms with Crippen LogP contribution in [0.15, 0.2) is 54.9 Å². The van der Waals surface area contributed by atoms with Crippen molar-refractivity contribution in [3.63, 3.8) is 0 Å². The molecule has 8 heteroatoms. The van der Waals surface area contributed by atoms with E-state index in [1.54, 1.807) is 29.2 Å². The SMILES string of the molecule is COc1ccc(C(=O)N2CCc3ccc(OCc4ccc(OCF)cn4)cc3C2)cn1. The number of nitrogens with zero attached hydrogens (tertiary/aromatic N) is 3. The van der Waals surface area contributed by atoms with Gasteiger partial charge in [-0.2, -0.15) is 0 Å². The Bertz CT molecular complexity index is 1040.